The van der Waals surface area contributed by atoms with Crippen LogP contribution in [0.15, 0.2) is 0 Å². The Morgan fingerprint density at radius 1 is 1.26 bits per heavy atom. The molecule has 0 bridgehead atoms. The van der Waals surface area contributed by atoms with Crippen molar-refractivity contribution in [2.24, 2.45) is 5.41 Å². The van der Waals surface area contributed by atoms with E-state index in [4.69, 9.17) is 14.6 Å². The van der Waals surface area contributed by atoms with Gasteiger partial charge in [-0.05, 0) is 45.4 Å². The topological polar surface area (TPSA) is 66.8 Å². The molecule has 2 rings (SSSR count). The van der Waals surface area contributed by atoms with Gasteiger partial charge in [0, 0.05) is 13.1 Å². The zero-order chi connectivity index (χ0) is 15.1. The Morgan fingerprint density at radius 3 is 2.05 bits per heavy atom. The van der Waals surface area contributed by atoms with Crippen LogP contribution in [-0.2, 0) is 9.53 Å². The molecule has 1 amide bonds. The van der Waals surface area contributed by atoms with Crippen LogP contribution in [-0.4, -0.2) is 41.3 Å². The van der Waals surface area contributed by atoms with E-state index in [1.165, 1.54) is 19.3 Å². The van der Waals surface area contributed by atoms with Crippen molar-refractivity contribution in [1.82, 2.24) is 4.90 Å². The van der Waals surface area contributed by atoms with Crippen molar-refractivity contribution in [3.63, 3.8) is 0 Å². The maximum Gasteiger partial charge on any atom is 0.410 e. The summed E-state index contributed by atoms with van der Waals surface area (Å²) in [6.07, 6.45) is 3.63. The standard InChI is InChI=1S/C11H19NO2.C2H6.CH2O2/c1-10(2,3)14-9(13)12-7-6-11(8-12)4-5-11;1-2;2-1-3/h4-8H2,1-3H3;1-2H3;1H,(H,2,3). The maximum atomic E-state index is 11.7. The lowest BCUT2D eigenvalue weighted by atomic mass is 10.1. The van der Waals surface area contributed by atoms with Gasteiger partial charge in [-0.2, -0.15) is 0 Å². The Balaban J connectivity index is 0.000000573. The lowest BCUT2D eigenvalue weighted by Crippen LogP contribution is -2.35. The Kier molecular flexibility index (Phi) is 6.87. The van der Waals surface area contributed by atoms with Crippen molar-refractivity contribution in [1.29, 1.82) is 0 Å². The van der Waals surface area contributed by atoms with Gasteiger partial charge in [0.25, 0.3) is 6.47 Å². The predicted molar refractivity (Wildman–Crippen MR) is 74.1 cm³/mol. The van der Waals surface area contributed by atoms with E-state index in [0.29, 0.717) is 5.41 Å². The highest BCUT2D eigenvalue weighted by Gasteiger charge is 2.49. The summed E-state index contributed by atoms with van der Waals surface area (Å²) >= 11 is 0. The first-order valence-corrected chi connectivity index (χ1v) is 6.88. The number of carbonyl (C=O) groups is 2. The highest BCUT2D eigenvalue weighted by atomic mass is 16.6. The molecule has 0 aromatic heterocycles. The van der Waals surface area contributed by atoms with E-state index in [2.05, 4.69) is 0 Å². The van der Waals surface area contributed by atoms with E-state index in [-0.39, 0.29) is 18.2 Å². The normalized spacial score (nSPS) is 18.7. The van der Waals surface area contributed by atoms with Crippen LogP contribution < -0.4 is 0 Å². The fourth-order valence-corrected chi connectivity index (χ4v) is 2.00. The Bertz CT molecular complexity index is 292. The highest BCUT2D eigenvalue weighted by Crippen LogP contribution is 2.52. The Labute approximate surface area is 115 Å². The van der Waals surface area contributed by atoms with Crippen LogP contribution in [0, 0.1) is 5.41 Å². The third-order valence-electron chi connectivity index (χ3n) is 3.05. The van der Waals surface area contributed by atoms with Crippen LogP contribution in [0.2, 0.25) is 0 Å². The molecule has 1 aliphatic carbocycles. The summed E-state index contributed by atoms with van der Waals surface area (Å²) in [5, 5.41) is 6.89. The predicted octanol–water partition coefficient (Wildman–Crippen LogP) is 3.13. The van der Waals surface area contributed by atoms with Gasteiger partial charge < -0.3 is 14.7 Å². The molecule has 1 N–H and O–H groups in total. The molecule has 0 aromatic rings. The van der Waals surface area contributed by atoms with Crippen LogP contribution in [0.25, 0.3) is 0 Å². The SMILES string of the molecule is CC.CC(C)(C)OC(=O)N1CCC2(CC2)C1.O=CO. The molecule has 112 valence electrons. The lowest BCUT2D eigenvalue weighted by molar-refractivity contribution is -0.122. The van der Waals surface area contributed by atoms with Gasteiger partial charge in [0.15, 0.2) is 0 Å². The van der Waals surface area contributed by atoms with Gasteiger partial charge in [-0.3, -0.25) is 4.79 Å². The molecule has 1 aliphatic heterocycles. The van der Waals surface area contributed by atoms with Crippen molar-refractivity contribution in [3.8, 4) is 0 Å². The molecule has 0 unspecified atom stereocenters. The number of carbonyl (C=O) groups excluding carboxylic acids is 1. The van der Waals surface area contributed by atoms with Crippen LogP contribution >= 0.6 is 0 Å². The largest absolute Gasteiger partial charge is 0.483 e. The minimum absolute atomic E-state index is 0.138. The number of rotatable bonds is 0. The number of nitrogens with zero attached hydrogens (tertiary/aromatic N) is 1. The first kappa shape index (κ1) is 17.7. The summed E-state index contributed by atoms with van der Waals surface area (Å²) in [7, 11) is 0. The molecule has 5 nitrogen and oxygen atoms in total. The molecule has 2 fully saturated rings. The van der Waals surface area contributed by atoms with Gasteiger partial charge in [-0.25, -0.2) is 4.79 Å². The van der Waals surface area contributed by atoms with Gasteiger partial charge >= 0.3 is 6.09 Å². The molecule has 1 saturated heterocycles. The monoisotopic (exact) mass is 273 g/mol. The number of amides is 1. The second-order valence-corrected chi connectivity index (χ2v) is 5.76. The summed E-state index contributed by atoms with van der Waals surface area (Å²) in [6.45, 7) is 11.3. The first-order valence-electron chi connectivity index (χ1n) is 6.88. The molecule has 1 heterocycles. The Morgan fingerprint density at radius 2 is 1.74 bits per heavy atom. The van der Waals surface area contributed by atoms with E-state index in [9.17, 15) is 4.79 Å². The number of ether oxygens (including phenoxy) is 1. The number of hydrogen-bond donors (Lipinski definition) is 1. The molecule has 2 aliphatic rings. The fraction of sp³-hybridized carbons (Fsp3) is 0.857. The zero-order valence-electron chi connectivity index (χ0n) is 12.7. The van der Waals surface area contributed by atoms with Gasteiger partial charge in [-0.15, -0.1) is 0 Å². The molecular formula is C14H27NO4. The number of hydrogen-bond acceptors (Lipinski definition) is 3. The molecule has 1 spiro atoms. The first-order chi connectivity index (χ1) is 8.82. The average Bonchev–Trinajstić information content (AvgIpc) is 2.90. The van der Waals surface area contributed by atoms with Crippen molar-refractivity contribution in [2.45, 2.75) is 59.5 Å². The van der Waals surface area contributed by atoms with Gasteiger partial charge in [-0.1, -0.05) is 13.8 Å². The summed E-state index contributed by atoms with van der Waals surface area (Å²) in [5.41, 5.74) is 0.132. The quantitative estimate of drug-likeness (QED) is 0.688. The van der Waals surface area contributed by atoms with Crippen LogP contribution in [0.3, 0.4) is 0 Å². The van der Waals surface area contributed by atoms with Crippen molar-refractivity contribution in [3.05, 3.63) is 0 Å². The molecule has 5 heteroatoms. The van der Waals surface area contributed by atoms with E-state index in [0.717, 1.165) is 13.1 Å². The summed E-state index contributed by atoms with van der Waals surface area (Å²) in [6, 6.07) is 0. The van der Waals surface area contributed by atoms with Crippen LogP contribution in [0.1, 0.15) is 53.9 Å². The fourth-order valence-electron chi connectivity index (χ4n) is 2.00. The van der Waals surface area contributed by atoms with Crippen molar-refractivity contribution >= 4 is 12.6 Å². The Hall–Kier alpha value is -1.26. The second-order valence-electron chi connectivity index (χ2n) is 5.76. The molecule has 0 atom stereocenters. The summed E-state index contributed by atoms with van der Waals surface area (Å²) in [4.78, 5) is 21.9. The van der Waals surface area contributed by atoms with Gasteiger partial charge in [0.1, 0.15) is 5.60 Å². The smallest absolute Gasteiger partial charge is 0.410 e. The summed E-state index contributed by atoms with van der Waals surface area (Å²) in [5.74, 6) is 0. The van der Waals surface area contributed by atoms with E-state index < -0.39 is 0 Å². The molecular weight excluding hydrogens is 246 g/mol. The number of carboxylic acid groups (broad SMARTS) is 1. The average molecular weight is 273 g/mol. The van der Waals surface area contributed by atoms with Crippen LogP contribution in [0.5, 0.6) is 0 Å². The summed E-state index contributed by atoms with van der Waals surface area (Å²) < 4.78 is 5.33. The molecule has 0 radical (unpaired) electrons. The maximum absolute atomic E-state index is 11.7. The highest BCUT2D eigenvalue weighted by molar-refractivity contribution is 5.68. The molecule has 0 aromatic carbocycles. The third-order valence-corrected chi connectivity index (χ3v) is 3.05. The van der Waals surface area contributed by atoms with Crippen molar-refractivity contribution in [2.75, 3.05) is 13.1 Å². The number of likely N-dealkylation sites (tertiary alicyclic amines) is 1. The van der Waals surface area contributed by atoms with E-state index >= 15 is 0 Å². The molecule has 19 heavy (non-hydrogen) atoms. The molecule has 1 saturated carbocycles. The van der Waals surface area contributed by atoms with Gasteiger partial charge in [0.2, 0.25) is 0 Å². The minimum Gasteiger partial charge on any atom is -0.483 e. The van der Waals surface area contributed by atoms with E-state index in [1.54, 1.807) is 0 Å². The second kappa shape index (κ2) is 7.36. The van der Waals surface area contributed by atoms with Crippen LogP contribution in [0.4, 0.5) is 4.79 Å². The van der Waals surface area contributed by atoms with Crippen molar-refractivity contribution < 1.29 is 19.4 Å². The third kappa shape index (κ3) is 6.45. The lowest BCUT2D eigenvalue weighted by Gasteiger charge is -2.24. The van der Waals surface area contributed by atoms with Gasteiger partial charge in [0.05, 0.1) is 0 Å². The minimum atomic E-state index is -0.365. The zero-order valence-corrected chi connectivity index (χ0v) is 12.7. The van der Waals surface area contributed by atoms with E-state index in [1.807, 2.05) is 39.5 Å².